The first-order valence-electron chi connectivity index (χ1n) is 6.53. The first kappa shape index (κ1) is 13.5. The van der Waals surface area contributed by atoms with Crippen LogP contribution in [-0.2, 0) is 17.8 Å². The van der Waals surface area contributed by atoms with Crippen molar-refractivity contribution in [2.45, 2.75) is 45.6 Å². The molecular weight excluding hydrogens is 226 g/mol. The van der Waals surface area contributed by atoms with Gasteiger partial charge in [0.1, 0.15) is 0 Å². The Balaban J connectivity index is 2.09. The van der Waals surface area contributed by atoms with Crippen LogP contribution in [0.5, 0.6) is 0 Å². The average molecular weight is 249 g/mol. The number of morpholine rings is 1. The van der Waals surface area contributed by atoms with Crippen molar-refractivity contribution in [1.82, 2.24) is 9.88 Å². The van der Waals surface area contributed by atoms with E-state index in [0.29, 0.717) is 6.54 Å². The quantitative estimate of drug-likeness (QED) is 0.883. The standard InChI is InChI=1S/C14H23N3O/c1-11-8-17(10-14(2,3)18-11)9-13-12(7-15)5-4-6-16-13/h4-6,11H,7-10,15H2,1-3H3. The Labute approximate surface area is 109 Å². The molecule has 0 aromatic carbocycles. The van der Waals surface area contributed by atoms with Crippen molar-refractivity contribution >= 4 is 0 Å². The maximum Gasteiger partial charge on any atom is 0.0757 e. The number of aromatic nitrogens is 1. The smallest absolute Gasteiger partial charge is 0.0757 e. The Hall–Kier alpha value is -0.970. The zero-order chi connectivity index (χ0) is 13.2. The fourth-order valence-electron chi connectivity index (χ4n) is 2.72. The summed E-state index contributed by atoms with van der Waals surface area (Å²) < 4.78 is 5.91. The lowest BCUT2D eigenvalue weighted by Gasteiger charge is -2.41. The molecule has 1 fully saturated rings. The summed E-state index contributed by atoms with van der Waals surface area (Å²) in [6, 6.07) is 3.99. The van der Waals surface area contributed by atoms with Crippen LogP contribution in [0.3, 0.4) is 0 Å². The number of nitrogens with zero attached hydrogens (tertiary/aromatic N) is 2. The van der Waals surface area contributed by atoms with E-state index in [-0.39, 0.29) is 11.7 Å². The summed E-state index contributed by atoms with van der Waals surface area (Å²) >= 11 is 0. The third kappa shape index (κ3) is 3.28. The molecule has 1 aliphatic heterocycles. The summed E-state index contributed by atoms with van der Waals surface area (Å²) in [5.74, 6) is 0. The Morgan fingerprint density at radius 2 is 2.33 bits per heavy atom. The van der Waals surface area contributed by atoms with Crippen molar-refractivity contribution in [1.29, 1.82) is 0 Å². The van der Waals surface area contributed by atoms with Gasteiger partial charge in [0.2, 0.25) is 0 Å². The van der Waals surface area contributed by atoms with Crippen LogP contribution in [0.4, 0.5) is 0 Å². The van der Waals surface area contributed by atoms with Crippen molar-refractivity contribution in [3.8, 4) is 0 Å². The van der Waals surface area contributed by atoms with Crippen LogP contribution < -0.4 is 5.73 Å². The van der Waals surface area contributed by atoms with E-state index in [2.05, 4.69) is 36.7 Å². The summed E-state index contributed by atoms with van der Waals surface area (Å²) in [7, 11) is 0. The summed E-state index contributed by atoms with van der Waals surface area (Å²) in [6.07, 6.45) is 2.10. The van der Waals surface area contributed by atoms with E-state index in [9.17, 15) is 0 Å². The Bertz CT molecular complexity index is 406. The van der Waals surface area contributed by atoms with Gasteiger partial charge in [-0.1, -0.05) is 6.07 Å². The SMILES string of the molecule is CC1CN(Cc2ncccc2CN)CC(C)(C)O1. The highest BCUT2D eigenvalue weighted by molar-refractivity contribution is 5.19. The van der Waals surface area contributed by atoms with E-state index in [1.165, 1.54) is 0 Å². The number of nitrogens with two attached hydrogens (primary N) is 1. The van der Waals surface area contributed by atoms with Gasteiger partial charge in [0.25, 0.3) is 0 Å². The lowest BCUT2D eigenvalue weighted by molar-refractivity contribution is -0.131. The molecule has 1 atom stereocenters. The fourth-order valence-corrected chi connectivity index (χ4v) is 2.72. The van der Waals surface area contributed by atoms with Crippen LogP contribution in [0, 0.1) is 0 Å². The molecule has 0 radical (unpaired) electrons. The Kier molecular flexibility index (Phi) is 4.00. The molecular formula is C14H23N3O. The van der Waals surface area contributed by atoms with Gasteiger partial charge in [0, 0.05) is 32.4 Å². The molecule has 1 unspecified atom stereocenters. The summed E-state index contributed by atoms with van der Waals surface area (Å²) in [6.45, 7) is 9.67. The maximum absolute atomic E-state index is 5.91. The van der Waals surface area contributed by atoms with Crippen molar-refractivity contribution in [3.05, 3.63) is 29.6 Å². The summed E-state index contributed by atoms with van der Waals surface area (Å²) in [4.78, 5) is 6.85. The second kappa shape index (κ2) is 5.34. The number of rotatable bonds is 3. The average Bonchev–Trinajstić information content (AvgIpc) is 2.27. The minimum Gasteiger partial charge on any atom is -0.370 e. The second-order valence-electron chi connectivity index (χ2n) is 5.67. The van der Waals surface area contributed by atoms with Gasteiger partial charge in [-0.2, -0.15) is 0 Å². The van der Waals surface area contributed by atoms with Crippen LogP contribution >= 0.6 is 0 Å². The van der Waals surface area contributed by atoms with Crippen molar-refractivity contribution in [2.24, 2.45) is 5.73 Å². The molecule has 2 heterocycles. The maximum atomic E-state index is 5.91. The topological polar surface area (TPSA) is 51.4 Å². The second-order valence-corrected chi connectivity index (χ2v) is 5.67. The third-order valence-corrected chi connectivity index (χ3v) is 3.22. The zero-order valence-corrected chi connectivity index (χ0v) is 11.5. The van der Waals surface area contributed by atoms with Gasteiger partial charge in [-0.05, 0) is 32.4 Å². The van der Waals surface area contributed by atoms with E-state index in [0.717, 1.165) is 30.9 Å². The highest BCUT2D eigenvalue weighted by Crippen LogP contribution is 2.22. The van der Waals surface area contributed by atoms with E-state index < -0.39 is 0 Å². The first-order chi connectivity index (χ1) is 8.50. The molecule has 1 aromatic rings. The molecule has 0 bridgehead atoms. The lowest BCUT2D eigenvalue weighted by Crippen LogP contribution is -2.51. The minimum absolute atomic E-state index is 0.0880. The molecule has 0 aliphatic carbocycles. The van der Waals surface area contributed by atoms with Crippen LogP contribution in [-0.4, -0.2) is 34.7 Å². The number of pyridine rings is 1. The molecule has 0 saturated carbocycles. The van der Waals surface area contributed by atoms with Crippen molar-refractivity contribution in [2.75, 3.05) is 13.1 Å². The number of hydrogen-bond acceptors (Lipinski definition) is 4. The van der Waals surface area contributed by atoms with Crippen LogP contribution in [0.2, 0.25) is 0 Å². The van der Waals surface area contributed by atoms with Gasteiger partial charge >= 0.3 is 0 Å². The molecule has 2 N–H and O–H groups in total. The summed E-state index contributed by atoms with van der Waals surface area (Å²) in [5.41, 5.74) is 7.89. The lowest BCUT2D eigenvalue weighted by atomic mass is 10.0. The van der Waals surface area contributed by atoms with Gasteiger partial charge < -0.3 is 10.5 Å². The molecule has 1 aromatic heterocycles. The molecule has 1 saturated heterocycles. The first-order valence-corrected chi connectivity index (χ1v) is 6.53. The van der Waals surface area contributed by atoms with Gasteiger partial charge in [-0.3, -0.25) is 9.88 Å². The highest BCUT2D eigenvalue weighted by Gasteiger charge is 2.31. The van der Waals surface area contributed by atoms with Crippen LogP contribution in [0.15, 0.2) is 18.3 Å². The van der Waals surface area contributed by atoms with Crippen molar-refractivity contribution < 1.29 is 4.74 Å². The Morgan fingerprint density at radius 1 is 1.56 bits per heavy atom. The number of hydrogen-bond donors (Lipinski definition) is 1. The van der Waals surface area contributed by atoms with Crippen LogP contribution in [0.1, 0.15) is 32.0 Å². The molecule has 100 valence electrons. The third-order valence-electron chi connectivity index (χ3n) is 3.22. The predicted molar refractivity (Wildman–Crippen MR) is 72.0 cm³/mol. The summed E-state index contributed by atoms with van der Waals surface area (Å²) in [5, 5.41) is 0. The molecule has 4 nitrogen and oxygen atoms in total. The Morgan fingerprint density at radius 3 is 3.00 bits per heavy atom. The highest BCUT2D eigenvalue weighted by atomic mass is 16.5. The molecule has 2 rings (SSSR count). The van der Waals surface area contributed by atoms with Crippen LogP contribution in [0.25, 0.3) is 0 Å². The van der Waals surface area contributed by atoms with E-state index >= 15 is 0 Å². The van der Waals surface area contributed by atoms with E-state index in [1.54, 1.807) is 0 Å². The minimum atomic E-state index is -0.0880. The van der Waals surface area contributed by atoms with E-state index in [1.807, 2.05) is 12.3 Å². The van der Waals surface area contributed by atoms with Gasteiger partial charge in [-0.15, -0.1) is 0 Å². The molecule has 0 amide bonds. The largest absolute Gasteiger partial charge is 0.370 e. The zero-order valence-electron chi connectivity index (χ0n) is 11.5. The van der Waals surface area contributed by atoms with Gasteiger partial charge in [0.15, 0.2) is 0 Å². The van der Waals surface area contributed by atoms with Crippen molar-refractivity contribution in [3.63, 3.8) is 0 Å². The van der Waals surface area contributed by atoms with Gasteiger partial charge in [0.05, 0.1) is 17.4 Å². The molecule has 18 heavy (non-hydrogen) atoms. The predicted octanol–water partition coefficient (Wildman–Crippen LogP) is 1.54. The van der Waals surface area contributed by atoms with E-state index in [4.69, 9.17) is 10.5 Å². The molecule has 4 heteroatoms. The number of ether oxygens (including phenoxy) is 1. The fraction of sp³-hybridized carbons (Fsp3) is 0.643. The molecule has 1 aliphatic rings. The van der Waals surface area contributed by atoms with Gasteiger partial charge in [-0.25, -0.2) is 0 Å². The molecule has 0 spiro atoms. The monoisotopic (exact) mass is 249 g/mol. The normalized spacial score (nSPS) is 24.1.